The van der Waals surface area contributed by atoms with Gasteiger partial charge in [0.15, 0.2) is 5.79 Å². The van der Waals surface area contributed by atoms with Crippen LogP contribution in [0.4, 0.5) is 0 Å². The Morgan fingerprint density at radius 1 is 1.38 bits per heavy atom. The van der Waals surface area contributed by atoms with Gasteiger partial charge in [0.25, 0.3) is 0 Å². The molecule has 0 aromatic heterocycles. The summed E-state index contributed by atoms with van der Waals surface area (Å²) in [6.45, 7) is 5.12. The number of nitrogens with two attached hydrogens (primary N) is 1. The van der Waals surface area contributed by atoms with Crippen molar-refractivity contribution in [3.8, 4) is 0 Å². The van der Waals surface area contributed by atoms with Gasteiger partial charge >= 0.3 is 0 Å². The molecule has 0 aliphatic carbocycles. The zero-order valence-electron chi connectivity index (χ0n) is 8.14. The molecule has 2 heterocycles. The van der Waals surface area contributed by atoms with E-state index in [1.165, 1.54) is 0 Å². The summed E-state index contributed by atoms with van der Waals surface area (Å²) < 4.78 is 11.7. The van der Waals surface area contributed by atoms with Crippen molar-refractivity contribution in [1.82, 2.24) is 5.32 Å². The first-order valence-corrected chi connectivity index (χ1v) is 4.93. The number of hydrogen-bond acceptors (Lipinski definition) is 4. The van der Waals surface area contributed by atoms with E-state index < -0.39 is 0 Å². The highest BCUT2D eigenvalue weighted by Gasteiger charge is 2.47. The zero-order valence-corrected chi connectivity index (χ0v) is 8.14. The van der Waals surface area contributed by atoms with Gasteiger partial charge in [-0.1, -0.05) is 0 Å². The molecule has 2 aliphatic rings. The summed E-state index contributed by atoms with van der Waals surface area (Å²) in [6.07, 6.45) is 1.87. The Hall–Kier alpha value is -0.160. The van der Waals surface area contributed by atoms with Gasteiger partial charge in [0.05, 0.1) is 6.61 Å². The molecule has 76 valence electrons. The van der Waals surface area contributed by atoms with E-state index >= 15 is 0 Å². The van der Waals surface area contributed by atoms with Crippen molar-refractivity contribution in [2.45, 2.75) is 31.2 Å². The third kappa shape index (κ3) is 1.72. The van der Waals surface area contributed by atoms with Gasteiger partial charge < -0.3 is 20.5 Å². The summed E-state index contributed by atoms with van der Waals surface area (Å²) in [5.74, 6) is -0.334. The van der Waals surface area contributed by atoms with Gasteiger partial charge in [-0.05, 0) is 6.92 Å². The highest BCUT2D eigenvalue weighted by Crippen LogP contribution is 2.36. The van der Waals surface area contributed by atoms with Gasteiger partial charge in [0, 0.05) is 32.5 Å². The fraction of sp³-hybridized carbons (Fsp3) is 1.00. The SMILES string of the molecule is CC1(CN)COC2(CCNCC2)O1. The van der Waals surface area contributed by atoms with Crippen LogP contribution < -0.4 is 11.1 Å². The first kappa shape index (κ1) is 9.40. The van der Waals surface area contributed by atoms with E-state index in [4.69, 9.17) is 15.2 Å². The highest BCUT2D eigenvalue weighted by molar-refractivity contribution is 4.90. The molecule has 2 aliphatic heterocycles. The molecule has 1 atom stereocenters. The third-order valence-electron chi connectivity index (χ3n) is 2.87. The van der Waals surface area contributed by atoms with Gasteiger partial charge in [0.1, 0.15) is 5.60 Å². The van der Waals surface area contributed by atoms with Gasteiger partial charge in [-0.3, -0.25) is 0 Å². The van der Waals surface area contributed by atoms with E-state index in [1.54, 1.807) is 0 Å². The lowest BCUT2D eigenvalue weighted by Crippen LogP contribution is -2.45. The summed E-state index contributed by atoms with van der Waals surface area (Å²) in [5, 5.41) is 3.29. The van der Waals surface area contributed by atoms with Crippen molar-refractivity contribution in [2.24, 2.45) is 5.73 Å². The van der Waals surface area contributed by atoms with E-state index in [0.29, 0.717) is 13.2 Å². The molecule has 0 radical (unpaired) electrons. The van der Waals surface area contributed by atoms with E-state index in [1.807, 2.05) is 6.92 Å². The molecule has 3 N–H and O–H groups in total. The van der Waals surface area contributed by atoms with Crippen molar-refractivity contribution in [2.75, 3.05) is 26.2 Å². The maximum absolute atomic E-state index is 5.94. The van der Waals surface area contributed by atoms with Crippen LogP contribution in [0.1, 0.15) is 19.8 Å². The fourth-order valence-electron chi connectivity index (χ4n) is 1.95. The van der Waals surface area contributed by atoms with Crippen LogP contribution in [0.3, 0.4) is 0 Å². The number of hydrogen-bond donors (Lipinski definition) is 2. The average Bonchev–Trinajstić information content (AvgIpc) is 2.47. The van der Waals surface area contributed by atoms with Crippen molar-refractivity contribution in [3.63, 3.8) is 0 Å². The van der Waals surface area contributed by atoms with Crippen molar-refractivity contribution < 1.29 is 9.47 Å². The molecule has 13 heavy (non-hydrogen) atoms. The number of piperidine rings is 1. The van der Waals surface area contributed by atoms with Crippen molar-refractivity contribution >= 4 is 0 Å². The molecular weight excluding hydrogens is 168 g/mol. The minimum absolute atomic E-state index is 0.267. The second-order valence-electron chi connectivity index (χ2n) is 4.21. The summed E-state index contributed by atoms with van der Waals surface area (Å²) in [7, 11) is 0. The predicted molar refractivity (Wildman–Crippen MR) is 49.3 cm³/mol. The average molecular weight is 186 g/mol. The molecule has 0 amide bonds. The lowest BCUT2D eigenvalue weighted by molar-refractivity contribution is -0.196. The molecule has 0 aromatic rings. The van der Waals surface area contributed by atoms with Crippen LogP contribution in [0.25, 0.3) is 0 Å². The molecule has 2 fully saturated rings. The highest BCUT2D eigenvalue weighted by atomic mass is 16.8. The van der Waals surface area contributed by atoms with Gasteiger partial charge in [-0.15, -0.1) is 0 Å². The first-order chi connectivity index (χ1) is 6.18. The van der Waals surface area contributed by atoms with Crippen LogP contribution in [0.15, 0.2) is 0 Å². The lowest BCUT2D eigenvalue weighted by atomic mass is 10.1. The summed E-state index contributed by atoms with van der Waals surface area (Å²) in [5.41, 5.74) is 5.37. The Balaban J connectivity index is 2.02. The van der Waals surface area contributed by atoms with Crippen LogP contribution in [0.5, 0.6) is 0 Å². The quantitative estimate of drug-likeness (QED) is 0.597. The standard InChI is InChI=1S/C9H18N2O2/c1-8(6-10)7-12-9(13-8)2-4-11-5-3-9/h11H,2-7,10H2,1H3. The topological polar surface area (TPSA) is 56.5 Å². The van der Waals surface area contributed by atoms with E-state index in [9.17, 15) is 0 Å². The Kier molecular flexibility index (Phi) is 2.32. The molecule has 2 rings (SSSR count). The monoisotopic (exact) mass is 186 g/mol. The summed E-state index contributed by atoms with van der Waals surface area (Å²) in [4.78, 5) is 0. The Morgan fingerprint density at radius 2 is 2.08 bits per heavy atom. The fourth-order valence-corrected chi connectivity index (χ4v) is 1.95. The zero-order chi connectivity index (χ0) is 9.36. The second kappa shape index (κ2) is 3.20. The molecule has 0 saturated carbocycles. The largest absolute Gasteiger partial charge is 0.347 e. The van der Waals surface area contributed by atoms with Gasteiger partial charge in [-0.25, -0.2) is 0 Å². The van der Waals surface area contributed by atoms with E-state index in [0.717, 1.165) is 25.9 Å². The minimum Gasteiger partial charge on any atom is -0.347 e. The third-order valence-corrected chi connectivity index (χ3v) is 2.87. The van der Waals surface area contributed by atoms with Crippen molar-refractivity contribution in [1.29, 1.82) is 0 Å². The van der Waals surface area contributed by atoms with Crippen LogP contribution in [-0.4, -0.2) is 37.6 Å². The maximum Gasteiger partial charge on any atom is 0.171 e. The molecular formula is C9H18N2O2. The van der Waals surface area contributed by atoms with Crippen molar-refractivity contribution in [3.05, 3.63) is 0 Å². The first-order valence-electron chi connectivity index (χ1n) is 4.93. The number of nitrogens with one attached hydrogen (secondary N) is 1. The minimum atomic E-state index is -0.334. The van der Waals surface area contributed by atoms with E-state index in [-0.39, 0.29) is 11.4 Å². The Bertz CT molecular complexity index is 192. The molecule has 0 aromatic carbocycles. The Morgan fingerprint density at radius 3 is 2.62 bits per heavy atom. The predicted octanol–water partition coefficient (Wildman–Crippen LogP) is -0.170. The van der Waals surface area contributed by atoms with Crippen LogP contribution in [0.2, 0.25) is 0 Å². The van der Waals surface area contributed by atoms with Gasteiger partial charge in [-0.2, -0.15) is 0 Å². The normalized spacial score (nSPS) is 38.3. The molecule has 4 heteroatoms. The molecule has 4 nitrogen and oxygen atoms in total. The molecule has 1 spiro atoms. The number of ether oxygens (including phenoxy) is 2. The smallest absolute Gasteiger partial charge is 0.171 e. The second-order valence-corrected chi connectivity index (χ2v) is 4.21. The molecule has 0 bridgehead atoms. The maximum atomic E-state index is 5.94. The van der Waals surface area contributed by atoms with Gasteiger partial charge in [0.2, 0.25) is 0 Å². The molecule has 1 unspecified atom stereocenters. The summed E-state index contributed by atoms with van der Waals surface area (Å²) >= 11 is 0. The Labute approximate surface area is 78.8 Å². The lowest BCUT2D eigenvalue weighted by Gasteiger charge is -2.33. The van der Waals surface area contributed by atoms with E-state index in [2.05, 4.69) is 5.32 Å². The van der Waals surface area contributed by atoms with Crippen LogP contribution in [0, 0.1) is 0 Å². The summed E-state index contributed by atoms with van der Waals surface area (Å²) in [6, 6.07) is 0. The van der Waals surface area contributed by atoms with Crippen LogP contribution in [-0.2, 0) is 9.47 Å². The number of rotatable bonds is 1. The van der Waals surface area contributed by atoms with Crippen LogP contribution >= 0.6 is 0 Å². The molecule has 2 saturated heterocycles.